The molecule has 94 valence electrons. The molecule has 1 N–H and O–H groups in total. The standard InChI is InChI=1S/C14H28N2/c1-13(12-16-10-6-3-7-11-16)15-14-8-4-2-5-9-14/h13-15H,2-12H2,1H3. The minimum Gasteiger partial charge on any atom is -0.310 e. The van der Waals surface area contributed by atoms with E-state index in [0.29, 0.717) is 6.04 Å². The van der Waals surface area contributed by atoms with Gasteiger partial charge in [-0.3, -0.25) is 0 Å². The van der Waals surface area contributed by atoms with Gasteiger partial charge in [-0.15, -0.1) is 0 Å². The molecule has 2 nitrogen and oxygen atoms in total. The smallest absolute Gasteiger partial charge is 0.0169 e. The summed E-state index contributed by atoms with van der Waals surface area (Å²) in [6, 6.07) is 1.50. The predicted octanol–water partition coefficient (Wildman–Crippen LogP) is 2.78. The normalized spacial score (nSPS) is 26.8. The molecule has 0 amide bonds. The van der Waals surface area contributed by atoms with Gasteiger partial charge in [0.25, 0.3) is 0 Å². The molecule has 0 spiro atoms. The molecule has 1 aliphatic carbocycles. The largest absolute Gasteiger partial charge is 0.310 e. The average molecular weight is 224 g/mol. The van der Waals surface area contributed by atoms with Gasteiger partial charge in [0, 0.05) is 18.6 Å². The summed E-state index contributed by atoms with van der Waals surface area (Å²) in [7, 11) is 0. The van der Waals surface area contributed by atoms with Crippen LogP contribution in [0.4, 0.5) is 0 Å². The van der Waals surface area contributed by atoms with Gasteiger partial charge in [-0.25, -0.2) is 0 Å². The SMILES string of the molecule is CC(CN1CCCCC1)NC1CCCCC1. The number of rotatable bonds is 4. The number of likely N-dealkylation sites (tertiary alicyclic amines) is 1. The molecule has 1 saturated carbocycles. The lowest BCUT2D eigenvalue weighted by Crippen LogP contribution is -2.45. The van der Waals surface area contributed by atoms with E-state index >= 15 is 0 Å². The first-order chi connectivity index (χ1) is 7.84. The molecule has 0 aromatic heterocycles. The molecule has 1 atom stereocenters. The summed E-state index contributed by atoms with van der Waals surface area (Å²) in [6.07, 6.45) is 11.4. The summed E-state index contributed by atoms with van der Waals surface area (Å²) in [5.74, 6) is 0. The fraction of sp³-hybridized carbons (Fsp3) is 1.00. The Hall–Kier alpha value is -0.0800. The first kappa shape index (κ1) is 12.4. The van der Waals surface area contributed by atoms with E-state index in [2.05, 4.69) is 17.1 Å². The van der Waals surface area contributed by atoms with Crippen LogP contribution in [0.3, 0.4) is 0 Å². The molecule has 0 aromatic carbocycles. The second kappa shape index (κ2) is 6.61. The average Bonchev–Trinajstić information content (AvgIpc) is 2.31. The fourth-order valence-electron chi connectivity index (χ4n) is 3.25. The summed E-state index contributed by atoms with van der Waals surface area (Å²) < 4.78 is 0. The molecule has 0 aromatic rings. The lowest BCUT2D eigenvalue weighted by Gasteiger charge is -2.32. The number of hydrogen-bond acceptors (Lipinski definition) is 2. The van der Waals surface area contributed by atoms with Crippen LogP contribution in [0.5, 0.6) is 0 Å². The lowest BCUT2D eigenvalue weighted by atomic mass is 9.95. The Morgan fingerprint density at radius 2 is 1.62 bits per heavy atom. The Labute approximate surface area is 101 Å². The van der Waals surface area contributed by atoms with Crippen LogP contribution in [-0.4, -0.2) is 36.6 Å². The zero-order valence-electron chi connectivity index (χ0n) is 10.9. The van der Waals surface area contributed by atoms with Crippen molar-refractivity contribution in [2.45, 2.75) is 70.4 Å². The van der Waals surface area contributed by atoms with E-state index in [1.165, 1.54) is 71.0 Å². The summed E-state index contributed by atoms with van der Waals surface area (Å²) >= 11 is 0. The highest BCUT2D eigenvalue weighted by molar-refractivity contribution is 4.78. The quantitative estimate of drug-likeness (QED) is 0.790. The molecule has 16 heavy (non-hydrogen) atoms. The molecule has 2 fully saturated rings. The minimum absolute atomic E-state index is 0.682. The van der Waals surface area contributed by atoms with Crippen LogP contribution in [0.25, 0.3) is 0 Å². The topological polar surface area (TPSA) is 15.3 Å². The second-order valence-corrected chi connectivity index (χ2v) is 5.76. The maximum absolute atomic E-state index is 3.82. The highest BCUT2D eigenvalue weighted by atomic mass is 15.2. The molecule has 0 radical (unpaired) electrons. The van der Waals surface area contributed by atoms with Crippen molar-refractivity contribution in [3.63, 3.8) is 0 Å². The van der Waals surface area contributed by atoms with Crippen LogP contribution in [0.1, 0.15) is 58.3 Å². The third-order valence-electron chi connectivity index (χ3n) is 4.11. The summed E-state index contributed by atoms with van der Waals surface area (Å²) in [6.45, 7) is 6.28. The summed E-state index contributed by atoms with van der Waals surface area (Å²) in [4.78, 5) is 2.64. The van der Waals surface area contributed by atoms with Crippen LogP contribution < -0.4 is 5.32 Å². The van der Waals surface area contributed by atoms with Gasteiger partial charge in [0.05, 0.1) is 0 Å². The molecular formula is C14H28N2. The van der Waals surface area contributed by atoms with Crippen molar-refractivity contribution in [3.8, 4) is 0 Å². The number of piperidine rings is 1. The number of nitrogens with one attached hydrogen (secondary N) is 1. The Kier molecular flexibility index (Phi) is 5.11. The van der Waals surface area contributed by atoms with E-state index in [-0.39, 0.29) is 0 Å². The Balaban J connectivity index is 1.64. The molecule has 2 aliphatic rings. The monoisotopic (exact) mass is 224 g/mol. The third-order valence-corrected chi connectivity index (χ3v) is 4.11. The minimum atomic E-state index is 0.682. The number of hydrogen-bond donors (Lipinski definition) is 1. The van der Waals surface area contributed by atoms with Crippen molar-refractivity contribution in [1.82, 2.24) is 10.2 Å². The summed E-state index contributed by atoms with van der Waals surface area (Å²) in [5, 5.41) is 3.82. The van der Waals surface area contributed by atoms with Gasteiger partial charge in [-0.05, 0) is 45.7 Å². The van der Waals surface area contributed by atoms with Gasteiger partial charge >= 0.3 is 0 Å². The summed E-state index contributed by atoms with van der Waals surface area (Å²) in [5.41, 5.74) is 0. The van der Waals surface area contributed by atoms with Gasteiger partial charge in [0.1, 0.15) is 0 Å². The van der Waals surface area contributed by atoms with Gasteiger partial charge in [0.15, 0.2) is 0 Å². The highest BCUT2D eigenvalue weighted by Crippen LogP contribution is 2.18. The highest BCUT2D eigenvalue weighted by Gasteiger charge is 2.18. The van der Waals surface area contributed by atoms with Gasteiger partial charge in [-0.2, -0.15) is 0 Å². The molecule has 2 rings (SSSR count). The van der Waals surface area contributed by atoms with Gasteiger partial charge in [0.2, 0.25) is 0 Å². The molecule has 1 heterocycles. The van der Waals surface area contributed by atoms with Crippen molar-refractivity contribution in [1.29, 1.82) is 0 Å². The van der Waals surface area contributed by atoms with Gasteiger partial charge < -0.3 is 10.2 Å². The van der Waals surface area contributed by atoms with E-state index < -0.39 is 0 Å². The van der Waals surface area contributed by atoms with E-state index in [1.807, 2.05) is 0 Å². The molecule has 1 unspecified atom stereocenters. The molecule has 2 heteroatoms. The van der Waals surface area contributed by atoms with Crippen molar-refractivity contribution in [2.75, 3.05) is 19.6 Å². The van der Waals surface area contributed by atoms with E-state index in [4.69, 9.17) is 0 Å². The van der Waals surface area contributed by atoms with Gasteiger partial charge in [-0.1, -0.05) is 25.7 Å². The predicted molar refractivity (Wildman–Crippen MR) is 69.8 cm³/mol. The molecule has 1 aliphatic heterocycles. The molecule has 0 bridgehead atoms. The number of nitrogens with zero attached hydrogens (tertiary/aromatic N) is 1. The van der Waals surface area contributed by atoms with Crippen molar-refractivity contribution in [2.24, 2.45) is 0 Å². The van der Waals surface area contributed by atoms with Crippen LogP contribution in [0.15, 0.2) is 0 Å². The van der Waals surface area contributed by atoms with Crippen molar-refractivity contribution >= 4 is 0 Å². The van der Waals surface area contributed by atoms with Crippen LogP contribution in [0, 0.1) is 0 Å². The first-order valence-corrected chi connectivity index (χ1v) is 7.33. The maximum atomic E-state index is 3.82. The Morgan fingerprint density at radius 1 is 1.00 bits per heavy atom. The van der Waals surface area contributed by atoms with Crippen LogP contribution >= 0.6 is 0 Å². The Bertz CT molecular complexity index is 161. The fourth-order valence-corrected chi connectivity index (χ4v) is 3.25. The zero-order valence-corrected chi connectivity index (χ0v) is 10.9. The molecular weight excluding hydrogens is 196 g/mol. The zero-order chi connectivity index (χ0) is 11.2. The van der Waals surface area contributed by atoms with Crippen molar-refractivity contribution in [3.05, 3.63) is 0 Å². The third kappa shape index (κ3) is 4.06. The molecule has 1 saturated heterocycles. The van der Waals surface area contributed by atoms with Crippen LogP contribution in [-0.2, 0) is 0 Å². The maximum Gasteiger partial charge on any atom is 0.0169 e. The first-order valence-electron chi connectivity index (χ1n) is 7.33. The van der Waals surface area contributed by atoms with E-state index in [0.717, 1.165) is 6.04 Å². The van der Waals surface area contributed by atoms with E-state index in [9.17, 15) is 0 Å². The van der Waals surface area contributed by atoms with Crippen LogP contribution in [0.2, 0.25) is 0 Å². The van der Waals surface area contributed by atoms with E-state index in [1.54, 1.807) is 0 Å². The van der Waals surface area contributed by atoms with Crippen molar-refractivity contribution < 1.29 is 0 Å². The Morgan fingerprint density at radius 3 is 2.31 bits per heavy atom. The lowest BCUT2D eigenvalue weighted by molar-refractivity contribution is 0.199. The second-order valence-electron chi connectivity index (χ2n) is 5.76.